The van der Waals surface area contributed by atoms with Crippen molar-refractivity contribution in [3.05, 3.63) is 17.7 Å². The minimum Gasteiger partial charge on any atom is -0.494 e. The molecule has 3 rings (SSSR count). The number of carbonyl (C=O) groups excluding carboxylic acids is 1. The second-order valence-electron chi connectivity index (χ2n) is 6.39. The average Bonchev–Trinajstić information content (AvgIpc) is 2.75. The summed E-state index contributed by atoms with van der Waals surface area (Å²) < 4.78 is 10.9. The Balaban J connectivity index is 1.73. The number of methoxy groups -OCH3 is 1. The molecule has 0 bridgehead atoms. The van der Waals surface area contributed by atoms with Gasteiger partial charge >= 0.3 is 0 Å². The van der Waals surface area contributed by atoms with Crippen LogP contribution in [0.15, 0.2) is 12.1 Å². The number of nitrogens with zero attached hydrogens (tertiary/aromatic N) is 2. The van der Waals surface area contributed by atoms with Gasteiger partial charge in [-0.2, -0.15) is 0 Å². The number of nitrogen functional groups attached to an aromatic ring is 1. The molecule has 2 N–H and O–H groups in total. The van der Waals surface area contributed by atoms with E-state index >= 15 is 0 Å². The van der Waals surface area contributed by atoms with Crippen LogP contribution in [0.2, 0.25) is 0 Å². The number of ether oxygens (including phenoxy) is 2. The van der Waals surface area contributed by atoms with E-state index in [9.17, 15) is 4.79 Å². The lowest BCUT2D eigenvalue weighted by Crippen LogP contribution is -2.39. The molecule has 1 aromatic rings. The van der Waals surface area contributed by atoms with Crippen molar-refractivity contribution in [1.29, 1.82) is 0 Å². The van der Waals surface area contributed by atoms with Gasteiger partial charge in [-0.1, -0.05) is 0 Å². The summed E-state index contributed by atoms with van der Waals surface area (Å²) in [6.07, 6.45) is 3.20. The molecule has 6 nitrogen and oxygen atoms in total. The van der Waals surface area contributed by atoms with E-state index < -0.39 is 0 Å². The molecule has 2 aliphatic rings. The lowest BCUT2D eigenvalue weighted by Gasteiger charge is -2.29. The van der Waals surface area contributed by atoms with Crippen LogP contribution in [0.3, 0.4) is 0 Å². The summed E-state index contributed by atoms with van der Waals surface area (Å²) in [6, 6.07) is 3.80. The maximum absolute atomic E-state index is 12.6. The Labute approximate surface area is 143 Å². The Hall–Kier alpha value is -1.79. The minimum absolute atomic E-state index is 0.197. The molecular formula is C18H27N3O3. The van der Waals surface area contributed by atoms with Crippen LogP contribution in [0.4, 0.5) is 11.4 Å². The van der Waals surface area contributed by atoms with Gasteiger partial charge in [0.2, 0.25) is 5.91 Å². The lowest BCUT2D eigenvalue weighted by molar-refractivity contribution is -0.118. The Morgan fingerprint density at radius 3 is 2.75 bits per heavy atom. The smallest absolute Gasteiger partial charge is 0.226 e. The molecule has 2 aliphatic heterocycles. The SMILES string of the molecule is COc1c(N)ccc2c1CCCC(=O)N2CCCN1CCOCC1. The van der Waals surface area contributed by atoms with Crippen molar-refractivity contribution in [1.82, 2.24) is 4.90 Å². The monoisotopic (exact) mass is 333 g/mol. The average molecular weight is 333 g/mol. The normalized spacial score (nSPS) is 19.0. The zero-order valence-electron chi connectivity index (χ0n) is 14.4. The van der Waals surface area contributed by atoms with Gasteiger partial charge in [-0.05, 0) is 31.4 Å². The van der Waals surface area contributed by atoms with Gasteiger partial charge in [-0.15, -0.1) is 0 Å². The van der Waals surface area contributed by atoms with Gasteiger partial charge in [0.05, 0.1) is 31.7 Å². The number of anilines is 2. The molecule has 0 aromatic heterocycles. The Morgan fingerprint density at radius 1 is 1.21 bits per heavy atom. The molecule has 1 aromatic carbocycles. The molecule has 1 amide bonds. The number of hydrogen-bond acceptors (Lipinski definition) is 5. The summed E-state index contributed by atoms with van der Waals surface area (Å²) >= 11 is 0. The highest BCUT2D eigenvalue weighted by Gasteiger charge is 2.25. The summed E-state index contributed by atoms with van der Waals surface area (Å²) in [5, 5.41) is 0. The first-order valence-corrected chi connectivity index (χ1v) is 8.76. The Bertz CT molecular complexity index is 585. The summed E-state index contributed by atoms with van der Waals surface area (Å²) in [6.45, 7) is 5.30. The molecule has 0 saturated carbocycles. The van der Waals surface area contributed by atoms with Gasteiger partial charge in [-0.3, -0.25) is 9.69 Å². The van der Waals surface area contributed by atoms with E-state index in [2.05, 4.69) is 4.90 Å². The summed E-state index contributed by atoms with van der Waals surface area (Å²) in [5.74, 6) is 0.919. The van der Waals surface area contributed by atoms with Crippen LogP contribution >= 0.6 is 0 Å². The molecule has 0 atom stereocenters. The van der Waals surface area contributed by atoms with Gasteiger partial charge in [0, 0.05) is 38.2 Å². The third-order valence-corrected chi connectivity index (χ3v) is 4.84. The highest BCUT2D eigenvalue weighted by molar-refractivity contribution is 5.95. The standard InChI is InChI=1S/C18H27N3O3/c1-23-18-14-4-2-5-17(22)21(16(14)7-6-15(18)19)9-3-8-20-10-12-24-13-11-20/h6-7H,2-5,8-13,19H2,1H3. The Morgan fingerprint density at radius 2 is 2.00 bits per heavy atom. The maximum atomic E-state index is 12.6. The molecule has 0 radical (unpaired) electrons. The van der Waals surface area contributed by atoms with Crippen molar-refractivity contribution in [3.8, 4) is 5.75 Å². The first-order chi connectivity index (χ1) is 11.7. The van der Waals surface area contributed by atoms with Gasteiger partial charge in [-0.25, -0.2) is 0 Å². The van der Waals surface area contributed by atoms with E-state index in [1.165, 1.54) is 0 Å². The molecule has 0 spiro atoms. The molecule has 1 fully saturated rings. The first-order valence-electron chi connectivity index (χ1n) is 8.76. The summed E-state index contributed by atoms with van der Waals surface area (Å²) in [5.41, 5.74) is 8.70. The van der Waals surface area contributed by atoms with Crippen molar-refractivity contribution in [3.63, 3.8) is 0 Å². The molecule has 6 heteroatoms. The third-order valence-electron chi connectivity index (χ3n) is 4.84. The predicted octanol–water partition coefficient (Wildman–Crippen LogP) is 1.67. The van der Waals surface area contributed by atoms with Crippen molar-refractivity contribution < 1.29 is 14.3 Å². The van der Waals surface area contributed by atoms with Crippen LogP contribution in [0.25, 0.3) is 0 Å². The van der Waals surface area contributed by atoms with Crippen LogP contribution < -0.4 is 15.4 Å². The van der Waals surface area contributed by atoms with Gasteiger partial charge < -0.3 is 20.1 Å². The molecule has 24 heavy (non-hydrogen) atoms. The third kappa shape index (κ3) is 3.65. The van der Waals surface area contributed by atoms with E-state index in [4.69, 9.17) is 15.2 Å². The van der Waals surface area contributed by atoms with Crippen LogP contribution in [0.1, 0.15) is 24.8 Å². The van der Waals surface area contributed by atoms with Crippen LogP contribution in [0.5, 0.6) is 5.75 Å². The topological polar surface area (TPSA) is 68.0 Å². The largest absolute Gasteiger partial charge is 0.494 e. The molecular weight excluding hydrogens is 306 g/mol. The molecule has 0 unspecified atom stereocenters. The number of rotatable bonds is 5. The van der Waals surface area contributed by atoms with E-state index in [-0.39, 0.29) is 5.91 Å². The second kappa shape index (κ2) is 7.85. The van der Waals surface area contributed by atoms with Crippen LogP contribution in [0, 0.1) is 0 Å². The summed E-state index contributed by atoms with van der Waals surface area (Å²) in [7, 11) is 1.64. The fourth-order valence-electron chi connectivity index (χ4n) is 3.58. The number of fused-ring (bicyclic) bond motifs is 1. The fourth-order valence-corrected chi connectivity index (χ4v) is 3.58. The predicted molar refractivity (Wildman–Crippen MR) is 94.6 cm³/mol. The number of nitrogens with two attached hydrogens (primary N) is 1. The fraction of sp³-hybridized carbons (Fsp3) is 0.611. The number of amides is 1. The molecule has 0 aliphatic carbocycles. The number of morpholine rings is 1. The molecule has 1 saturated heterocycles. The highest BCUT2D eigenvalue weighted by Crippen LogP contribution is 2.37. The number of benzene rings is 1. The molecule has 132 valence electrons. The number of hydrogen-bond donors (Lipinski definition) is 1. The lowest BCUT2D eigenvalue weighted by atomic mass is 10.0. The summed E-state index contributed by atoms with van der Waals surface area (Å²) in [4.78, 5) is 16.9. The van der Waals surface area contributed by atoms with Crippen LogP contribution in [-0.2, 0) is 16.0 Å². The van der Waals surface area contributed by atoms with Crippen LogP contribution in [-0.4, -0.2) is 57.3 Å². The first kappa shape index (κ1) is 17.0. The van der Waals surface area contributed by atoms with E-state index in [1.54, 1.807) is 7.11 Å². The van der Waals surface area contributed by atoms with Gasteiger partial charge in [0.1, 0.15) is 5.75 Å². The van der Waals surface area contributed by atoms with Gasteiger partial charge in [0.15, 0.2) is 0 Å². The van der Waals surface area contributed by atoms with Crippen molar-refractivity contribution in [2.45, 2.75) is 25.7 Å². The minimum atomic E-state index is 0.197. The van der Waals surface area contributed by atoms with E-state index in [1.807, 2.05) is 17.0 Å². The maximum Gasteiger partial charge on any atom is 0.226 e. The van der Waals surface area contributed by atoms with Crippen molar-refractivity contribution >= 4 is 17.3 Å². The quantitative estimate of drug-likeness (QED) is 0.830. The zero-order chi connectivity index (χ0) is 16.9. The Kier molecular flexibility index (Phi) is 5.58. The highest BCUT2D eigenvalue weighted by atomic mass is 16.5. The second-order valence-corrected chi connectivity index (χ2v) is 6.39. The zero-order valence-corrected chi connectivity index (χ0v) is 14.4. The van der Waals surface area contributed by atoms with E-state index in [0.29, 0.717) is 12.1 Å². The van der Waals surface area contributed by atoms with E-state index in [0.717, 1.165) is 75.7 Å². The van der Waals surface area contributed by atoms with Gasteiger partial charge in [0.25, 0.3) is 0 Å². The van der Waals surface area contributed by atoms with Crippen molar-refractivity contribution in [2.75, 3.05) is 57.1 Å². The van der Waals surface area contributed by atoms with Crippen molar-refractivity contribution in [2.24, 2.45) is 0 Å². The molecule has 2 heterocycles. The number of carbonyl (C=O) groups is 1.